The minimum atomic E-state index is -0.311. The van der Waals surface area contributed by atoms with Crippen LogP contribution in [0.25, 0.3) is 0 Å². The molecule has 0 aliphatic rings. The first-order valence-corrected chi connectivity index (χ1v) is 7.11. The van der Waals surface area contributed by atoms with Gasteiger partial charge in [-0.2, -0.15) is 0 Å². The first-order valence-electron chi connectivity index (χ1n) is 6.73. The van der Waals surface area contributed by atoms with E-state index in [1.165, 1.54) is 12.3 Å². The maximum Gasteiger partial charge on any atom is 0.141 e. The summed E-state index contributed by atoms with van der Waals surface area (Å²) in [6.45, 7) is 4.17. The fraction of sp³-hybridized carbons (Fsp3) is 0.312. The Hall–Kier alpha value is -1.45. The molecule has 0 radical (unpaired) electrons. The minimum absolute atomic E-state index is 0.0984. The number of benzene rings is 1. The highest BCUT2D eigenvalue weighted by Gasteiger charge is 2.14. The molecule has 4 heteroatoms. The van der Waals surface area contributed by atoms with Crippen LogP contribution >= 0.6 is 11.6 Å². The van der Waals surface area contributed by atoms with Crippen molar-refractivity contribution >= 4 is 11.6 Å². The fourth-order valence-electron chi connectivity index (χ4n) is 2.16. The molecule has 0 aliphatic heterocycles. The van der Waals surface area contributed by atoms with Gasteiger partial charge in [-0.3, -0.25) is 4.98 Å². The van der Waals surface area contributed by atoms with Gasteiger partial charge in [0.05, 0.1) is 11.9 Å². The Morgan fingerprint density at radius 1 is 1.20 bits per heavy atom. The Kier molecular flexibility index (Phi) is 5.10. The molecule has 0 saturated carbocycles. The monoisotopic (exact) mass is 292 g/mol. The van der Waals surface area contributed by atoms with Gasteiger partial charge in [0.25, 0.3) is 0 Å². The van der Waals surface area contributed by atoms with Gasteiger partial charge in [0.15, 0.2) is 0 Å². The number of hydrogen-bond donors (Lipinski definition) is 1. The van der Waals surface area contributed by atoms with E-state index in [0.717, 1.165) is 22.7 Å². The van der Waals surface area contributed by atoms with E-state index in [1.807, 2.05) is 24.3 Å². The molecule has 0 amide bonds. The van der Waals surface area contributed by atoms with Gasteiger partial charge in [0.1, 0.15) is 5.82 Å². The third-order valence-corrected chi connectivity index (χ3v) is 3.59. The number of pyridine rings is 1. The highest BCUT2D eigenvalue weighted by Crippen LogP contribution is 2.22. The first kappa shape index (κ1) is 14.9. The molecule has 0 spiro atoms. The van der Waals surface area contributed by atoms with Crippen LogP contribution in [0.15, 0.2) is 42.6 Å². The Labute approximate surface area is 124 Å². The van der Waals surface area contributed by atoms with Crippen molar-refractivity contribution < 1.29 is 4.39 Å². The largest absolute Gasteiger partial charge is 0.302 e. The molecule has 1 aromatic heterocycles. The van der Waals surface area contributed by atoms with E-state index in [-0.39, 0.29) is 17.9 Å². The molecule has 1 unspecified atom stereocenters. The molecular weight excluding hydrogens is 275 g/mol. The SMILES string of the molecule is CCC(N[C@@H](C)c1ccc(Cl)cc1)c1ccc(F)cn1. The van der Waals surface area contributed by atoms with Crippen LogP contribution in [0.4, 0.5) is 4.39 Å². The van der Waals surface area contributed by atoms with Gasteiger partial charge in [-0.1, -0.05) is 30.7 Å². The number of nitrogens with zero attached hydrogens (tertiary/aromatic N) is 1. The molecule has 2 nitrogen and oxygen atoms in total. The smallest absolute Gasteiger partial charge is 0.141 e. The van der Waals surface area contributed by atoms with E-state index in [1.54, 1.807) is 6.07 Å². The molecule has 1 heterocycles. The van der Waals surface area contributed by atoms with Crippen LogP contribution < -0.4 is 5.32 Å². The summed E-state index contributed by atoms with van der Waals surface area (Å²) >= 11 is 5.89. The van der Waals surface area contributed by atoms with Crippen molar-refractivity contribution in [3.63, 3.8) is 0 Å². The number of rotatable bonds is 5. The summed E-state index contributed by atoms with van der Waals surface area (Å²) in [6, 6.07) is 11.2. The second-order valence-corrected chi connectivity index (χ2v) is 5.24. The van der Waals surface area contributed by atoms with Crippen molar-refractivity contribution in [1.29, 1.82) is 0 Å². The van der Waals surface area contributed by atoms with Crippen LogP contribution in [0.1, 0.15) is 43.6 Å². The quantitative estimate of drug-likeness (QED) is 0.866. The van der Waals surface area contributed by atoms with E-state index in [4.69, 9.17) is 11.6 Å². The van der Waals surface area contributed by atoms with Crippen LogP contribution in [-0.2, 0) is 0 Å². The van der Waals surface area contributed by atoms with Gasteiger partial charge in [-0.15, -0.1) is 0 Å². The molecule has 20 heavy (non-hydrogen) atoms. The second-order valence-electron chi connectivity index (χ2n) is 4.80. The fourth-order valence-corrected chi connectivity index (χ4v) is 2.28. The van der Waals surface area contributed by atoms with Crippen LogP contribution in [0, 0.1) is 5.82 Å². The van der Waals surface area contributed by atoms with Crippen molar-refractivity contribution in [3.05, 3.63) is 64.7 Å². The Morgan fingerprint density at radius 3 is 2.45 bits per heavy atom. The van der Waals surface area contributed by atoms with Crippen molar-refractivity contribution in [2.24, 2.45) is 0 Å². The molecule has 2 rings (SSSR count). The molecule has 1 N–H and O–H groups in total. The zero-order valence-electron chi connectivity index (χ0n) is 11.6. The van der Waals surface area contributed by atoms with Gasteiger partial charge >= 0.3 is 0 Å². The summed E-state index contributed by atoms with van der Waals surface area (Å²) in [4.78, 5) is 4.15. The van der Waals surface area contributed by atoms with Gasteiger partial charge in [-0.25, -0.2) is 4.39 Å². The lowest BCUT2D eigenvalue weighted by atomic mass is 10.0. The number of nitrogens with one attached hydrogen (secondary N) is 1. The molecule has 2 aromatic rings. The van der Waals surface area contributed by atoms with Crippen molar-refractivity contribution in [2.45, 2.75) is 32.4 Å². The molecule has 0 saturated heterocycles. The third kappa shape index (κ3) is 3.78. The van der Waals surface area contributed by atoms with E-state index in [0.29, 0.717) is 0 Å². The molecule has 0 aliphatic carbocycles. The number of halogens is 2. The van der Waals surface area contributed by atoms with Crippen LogP contribution in [-0.4, -0.2) is 4.98 Å². The zero-order valence-corrected chi connectivity index (χ0v) is 12.4. The van der Waals surface area contributed by atoms with Crippen molar-refractivity contribution in [2.75, 3.05) is 0 Å². The van der Waals surface area contributed by atoms with Crippen LogP contribution in [0.3, 0.4) is 0 Å². The minimum Gasteiger partial charge on any atom is -0.302 e. The average Bonchev–Trinajstić information content (AvgIpc) is 2.46. The van der Waals surface area contributed by atoms with Crippen molar-refractivity contribution in [3.8, 4) is 0 Å². The molecule has 2 atom stereocenters. The standard InChI is InChI=1S/C16H18ClFN2/c1-3-15(16-9-8-14(18)10-19-16)20-11(2)12-4-6-13(17)7-5-12/h4-11,15,20H,3H2,1-2H3/t11-,15?/m0/s1. The maximum absolute atomic E-state index is 12.9. The van der Waals surface area contributed by atoms with Crippen LogP contribution in [0.5, 0.6) is 0 Å². The number of aromatic nitrogens is 1. The predicted octanol–water partition coefficient (Wildman–Crippen LogP) is 4.68. The van der Waals surface area contributed by atoms with Crippen molar-refractivity contribution in [1.82, 2.24) is 10.3 Å². The van der Waals surface area contributed by atoms with Gasteiger partial charge in [-0.05, 0) is 43.2 Å². The van der Waals surface area contributed by atoms with E-state index >= 15 is 0 Å². The van der Waals surface area contributed by atoms with Gasteiger partial charge < -0.3 is 5.32 Å². The summed E-state index contributed by atoms with van der Waals surface area (Å²) in [6.07, 6.45) is 2.14. The summed E-state index contributed by atoms with van der Waals surface area (Å²) in [7, 11) is 0. The lowest BCUT2D eigenvalue weighted by molar-refractivity contribution is 0.447. The Balaban J connectivity index is 2.09. The summed E-state index contributed by atoms with van der Waals surface area (Å²) in [5, 5.41) is 4.24. The topological polar surface area (TPSA) is 24.9 Å². The lowest BCUT2D eigenvalue weighted by Gasteiger charge is -2.22. The molecule has 0 bridgehead atoms. The van der Waals surface area contributed by atoms with Crippen LogP contribution in [0.2, 0.25) is 5.02 Å². The lowest BCUT2D eigenvalue weighted by Crippen LogP contribution is -2.25. The predicted molar refractivity (Wildman–Crippen MR) is 80.2 cm³/mol. The van der Waals surface area contributed by atoms with Gasteiger partial charge in [0, 0.05) is 17.1 Å². The zero-order chi connectivity index (χ0) is 14.5. The highest BCUT2D eigenvalue weighted by atomic mass is 35.5. The second kappa shape index (κ2) is 6.82. The molecule has 0 fully saturated rings. The summed E-state index contributed by atoms with van der Waals surface area (Å²) in [5.74, 6) is -0.311. The highest BCUT2D eigenvalue weighted by molar-refractivity contribution is 6.30. The summed E-state index contributed by atoms with van der Waals surface area (Å²) in [5.41, 5.74) is 2.02. The summed E-state index contributed by atoms with van der Waals surface area (Å²) < 4.78 is 12.9. The Morgan fingerprint density at radius 2 is 1.90 bits per heavy atom. The molecule has 106 valence electrons. The molecule has 1 aromatic carbocycles. The Bertz CT molecular complexity index is 539. The normalized spacial score (nSPS) is 14.0. The van der Waals surface area contributed by atoms with E-state index in [2.05, 4.69) is 24.1 Å². The van der Waals surface area contributed by atoms with E-state index < -0.39 is 0 Å². The maximum atomic E-state index is 12.9. The third-order valence-electron chi connectivity index (χ3n) is 3.34. The average molecular weight is 293 g/mol. The van der Waals surface area contributed by atoms with Gasteiger partial charge in [0.2, 0.25) is 0 Å². The number of hydrogen-bond acceptors (Lipinski definition) is 2. The van der Waals surface area contributed by atoms with E-state index in [9.17, 15) is 4.39 Å². The molecular formula is C16H18ClFN2. The first-order chi connectivity index (χ1) is 9.60.